The standard InChI is InChI=1S/C14H21NO/c1-2-3-5-11-7-8-14-12(10-11)13(15)6-4-9-16-14/h7-8,10,13H,2-6,9,15H2,1H3. The number of rotatable bonds is 3. The minimum atomic E-state index is 0.152. The van der Waals surface area contributed by atoms with Crippen LogP contribution in [0.3, 0.4) is 0 Å². The highest BCUT2D eigenvalue weighted by Crippen LogP contribution is 2.31. The van der Waals surface area contributed by atoms with Gasteiger partial charge < -0.3 is 10.5 Å². The summed E-state index contributed by atoms with van der Waals surface area (Å²) in [6, 6.07) is 6.65. The van der Waals surface area contributed by atoms with Crippen molar-refractivity contribution in [2.75, 3.05) is 6.61 Å². The van der Waals surface area contributed by atoms with Crippen molar-refractivity contribution in [2.45, 2.75) is 45.1 Å². The summed E-state index contributed by atoms with van der Waals surface area (Å²) in [5.41, 5.74) is 8.75. The van der Waals surface area contributed by atoms with Crippen molar-refractivity contribution >= 4 is 0 Å². The van der Waals surface area contributed by atoms with Gasteiger partial charge in [-0.1, -0.05) is 25.5 Å². The zero-order valence-electron chi connectivity index (χ0n) is 10.0. The second kappa shape index (κ2) is 5.35. The molecule has 0 radical (unpaired) electrons. The van der Waals surface area contributed by atoms with Gasteiger partial charge in [0.2, 0.25) is 0 Å². The van der Waals surface area contributed by atoms with Gasteiger partial charge in [-0.05, 0) is 37.3 Å². The normalized spacial score (nSPS) is 19.8. The molecule has 0 spiro atoms. The summed E-state index contributed by atoms with van der Waals surface area (Å²) < 4.78 is 5.70. The van der Waals surface area contributed by atoms with Crippen LogP contribution in [0.4, 0.5) is 0 Å². The molecule has 2 heteroatoms. The van der Waals surface area contributed by atoms with E-state index < -0.39 is 0 Å². The van der Waals surface area contributed by atoms with Crippen LogP contribution in [0.1, 0.15) is 49.8 Å². The van der Waals surface area contributed by atoms with Crippen molar-refractivity contribution in [2.24, 2.45) is 5.73 Å². The molecule has 16 heavy (non-hydrogen) atoms. The molecule has 1 aromatic rings. The van der Waals surface area contributed by atoms with E-state index in [-0.39, 0.29) is 6.04 Å². The number of fused-ring (bicyclic) bond motifs is 1. The van der Waals surface area contributed by atoms with E-state index in [4.69, 9.17) is 10.5 Å². The molecule has 1 aliphatic rings. The molecule has 0 aliphatic carbocycles. The monoisotopic (exact) mass is 219 g/mol. The molecule has 1 aliphatic heterocycles. The first-order valence-corrected chi connectivity index (χ1v) is 6.32. The maximum Gasteiger partial charge on any atom is 0.124 e. The number of benzene rings is 1. The number of hydrogen-bond acceptors (Lipinski definition) is 2. The first-order chi connectivity index (χ1) is 7.81. The second-order valence-electron chi connectivity index (χ2n) is 4.57. The van der Waals surface area contributed by atoms with Crippen molar-refractivity contribution in [1.29, 1.82) is 0 Å². The Morgan fingerprint density at radius 2 is 2.31 bits per heavy atom. The third-order valence-corrected chi connectivity index (χ3v) is 3.21. The minimum Gasteiger partial charge on any atom is -0.493 e. The fourth-order valence-corrected chi connectivity index (χ4v) is 2.20. The minimum absolute atomic E-state index is 0.152. The molecule has 88 valence electrons. The topological polar surface area (TPSA) is 35.2 Å². The van der Waals surface area contributed by atoms with Crippen LogP contribution in [-0.2, 0) is 6.42 Å². The van der Waals surface area contributed by atoms with Gasteiger partial charge in [-0.2, -0.15) is 0 Å². The zero-order chi connectivity index (χ0) is 11.4. The van der Waals surface area contributed by atoms with Gasteiger partial charge >= 0.3 is 0 Å². The molecule has 2 N–H and O–H groups in total. The third-order valence-electron chi connectivity index (χ3n) is 3.21. The highest BCUT2D eigenvalue weighted by Gasteiger charge is 2.16. The highest BCUT2D eigenvalue weighted by atomic mass is 16.5. The van der Waals surface area contributed by atoms with Crippen LogP contribution >= 0.6 is 0 Å². The van der Waals surface area contributed by atoms with E-state index in [0.29, 0.717) is 0 Å². The number of aryl methyl sites for hydroxylation is 1. The molecular weight excluding hydrogens is 198 g/mol. The fourth-order valence-electron chi connectivity index (χ4n) is 2.20. The van der Waals surface area contributed by atoms with Gasteiger partial charge in [0.1, 0.15) is 5.75 Å². The summed E-state index contributed by atoms with van der Waals surface area (Å²) in [4.78, 5) is 0. The van der Waals surface area contributed by atoms with E-state index in [1.54, 1.807) is 0 Å². The first kappa shape index (κ1) is 11.5. The lowest BCUT2D eigenvalue weighted by atomic mass is 9.98. The Morgan fingerprint density at radius 1 is 1.44 bits per heavy atom. The third kappa shape index (κ3) is 2.56. The Kier molecular flexibility index (Phi) is 3.83. The quantitative estimate of drug-likeness (QED) is 0.847. The van der Waals surface area contributed by atoms with Crippen LogP contribution in [-0.4, -0.2) is 6.61 Å². The molecule has 0 amide bonds. The Bertz CT molecular complexity index is 349. The maximum absolute atomic E-state index is 6.16. The maximum atomic E-state index is 6.16. The van der Waals surface area contributed by atoms with Gasteiger partial charge in [-0.3, -0.25) is 0 Å². The number of nitrogens with two attached hydrogens (primary N) is 1. The summed E-state index contributed by atoms with van der Waals surface area (Å²) in [7, 11) is 0. The molecule has 0 saturated heterocycles. The van der Waals surface area contributed by atoms with Gasteiger partial charge in [-0.25, -0.2) is 0 Å². The lowest BCUT2D eigenvalue weighted by molar-refractivity contribution is 0.316. The molecule has 2 rings (SSSR count). The van der Waals surface area contributed by atoms with Crippen LogP contribution in [0.5, 0.6) is 5.75 Å². The second-order valence-corrected chi connectivity index (χ2v) is 4.57. The molecule has 0 saturated carbocycles. The smallest absolute Gasteiger partial charge is 0.124 e. The van der Waals surface area contributed by atoms with Crippen LogP contribution in [0.25, 0.3) is 0 Å². The van der Waals surface area contributed by atoms with Gasteiger partial charge in [-0.15, -0.1) is 0 Å². The van der Waals surface area contributed by atoms with Crippen molar-refractivity contribution in [3.8, 4) is 5.75 Å². The Morgan fingerprint density at radius 3 is 3.12 bits per heavy atom. The van der Waals surface area contributed by atoms with E-state index in [0.717, 1.165) is 31.6 Å². The van der Waals surface area contributed by atoms with Crippen molar-refractivity contribution in [3.05, 3.63) is 29.3 Å². The van der Waals surface area contributed by atoms with E-state index in [2.05, 4.69) is 25.1 Å². The number of unbranched alkanes of at least 4 members (excludes halogenated alkanes) is 1. The zero-order valence-corrected chi connectivity index (χ0v) is 10.0. The number of hydrogen-bond donors (Lipinski definition) is 1. The van der Waals surface area contributed by atoms with Crippen molar-refractivity contribution in [1.82, 2.24) is 0 Å². The molecule has 1 aromatic carbocycles. The fraction of sp³-hybridized carbons (Fsp3) is 0.571. The molecular formula is C14H21NO. The molecule has 0 fully saturated rings. The van der Waals surface area contributed by atoms with Crippen LogP contribution in [0, 0.1) is 0 Å². The van der Waals surface area contributed by atoms with E-state index >= 15 is 0 Å². The lowest BCUT2D eigenvalue weighted by Crippen LogP contribution is -2.09. The predicted molar refractivity (Wildman–Crippen MR) is 66.7 cm³/mol. The van der Waals surface area contributed by atoms with Crippen molar-refractivity contribution < 1.29 is 4.74 Å². The SMILES string of the molecule is CCCCc1ccc2c(c1)C(N)CCCO2. The van der Waals surface area contributed by atoms with E-state index in [1.165, 1.54) is 24.0 Å². The summed E-state index contributed by atoms with van der Waals surface area (Å²) in [5.74, 6) is 0.991. The van der Waals surface area contributed by atoms with Crippen LogP contribution < -0.4 is 10.5 Å². The Hall–Kier alpha value is -1.02. The first-order valence-electron chi connectivity index (χ1n) is 6.32. The summed E-state index contributed by atoms with van der Waals surface area (Å²) >= 11 is 0. The number of ether oxygens (including phenoxy) is 1. The van der Waals surface area contributed by atoms with Gasteiger partial charge in [0.15, 0.2) is 0 Å². The Balaban J connectivity index is 2.21. The summed E-state index contributed by atoms with van der Waals surface area (Å²) in [6.07, 6.45) is 5.72. The van der Waals surface area contributed by atoms with Gasteiger partial charge in [0.25, 0.3) is 0 Å². The molecule has 1 unspecified atom stereocenters. The van der Waals surface area contributed by atoms with Crippen LogP contribution in [0.15, 0.2) is 18.2 Å². The molecule has 1 atom stereocenters. The van der Waals surface area contributed by atoms with Gasteiger partial charge in [0.05, 0.1) is 6.61 Å². The molecule has 2 nitrogen and oxygen atoms in total. The van der Waals surface area contributed by atoms with E-state index in [1.807, 2.05) is 0 Å². The highest BCUT2D eigenvalue weighted by molar-refractivity contribution is 5.40. The predicted octanol–water partition coefficient (Wildman–Crippen LogP) is 3.20. The summed E-state index contributed by atoms with van der Waals surface area (Å²) in [5, 5.41) is 0. The van der Waals surface area contributed by atoms with E-state index in [9.17, 15) is 0 Å². The van der Waals surface area contributed by atoms with Gasteiger partial charge in [0, 0.05) is 11.6 Å². The van der Waals surface area contributed by atoms with Crippen molar-refractivity contribution in [3.63, 3.8) is 0 Å². The Labute approximate surface area is 97.8 Å². The molecule has 0 bridgehead atoms. The molecule has 0 aromatic heterocycles. The van der Waals surface area contributed by atoms with Crippen LogP contribution in [0.2, 0.25) is 0 Å². The average molecular weight is 219 g/mol. The summed E-state index contributed by atoms with van der Waals surface area (Å²) in [6.45, 7) is 3.02. The average Bonchev–Trinajstić information content (AvgIpc) is 2.49. The molecule has 1 heterocycles. The lowest BCUT2D eigenvalue weighted by Gasteiger charge is -2.13. The largest absolute Gasteiger partial charge is 0.493 e.